The fourth-order valence-corrected chi connectivity index (χ4v) is 5.14. The van der Waals surface area contributed by atoms with Gasteiger partial charge in [-0.1, -0.05) is 52.6 Å². The van der Waals surface area contributed by atoms with E-state index in [1.165, 1.54) is 5.57 Å². The first-order chi connectivity index (χ1) is 13.5. The molecule has 4 rings (SSSR count). The molecule has 28 heavy (non-hydrogen) atoms. The van der Waals surface area contributed by atoms with Crippen LogP contribution in [0.1, 0.15) is 56.9 Å². The predicted octanol–water partition coefficient (Wildman–Crippen LogP) is 4.10. The molecule has 4 atom stereocenters. The molecule has 1 aromatic rings. The van der Waals surface area contributed by atoms with Crippen molar-refractivity contribution in [3.8, 4) is 0 Å². The second-order valence-electron chi connectivity index (χ2n) is 8.24. The van der Waals surface area contributed by atoms with Crippen LogP contribution in [0.4, 0.5) is 0 Å². The Balaban J connectivity index is 1.53. The van der Waals surface area contributed by atoms with E-state index in [4.69, 9.17) is 0 Å². The molecule has 1 heterocycles. The Labute approximate surface area is 173 Å². The fourth-order valence-electron chi connectivity index (χ4n) is 4.88. The molecule has 5 nitrogen and oxygen atoms in total. The number of carbonyl (C=O) groups is 3. The van der Waals surface area contributed by atoms with Crippen LogP contribution in [0.2, 0.25) is 0 Å². The normalized spacial score (nSPS) is 30.1. The lowest BCUT2D eigenvalue weighted by molar-refractivity contribution is -0.150. The molecule has 0 aromatic heterocycles. The first-order valence-electron chi connectivity index (χ1n) is 10.0. The molecule has 4 unspecified atom stereocenters. The van der Waals surface area contributed by atoms with E-state index in [-0.39, 0.29) is 41.4 Å². The molecule has 1 saturated carbocycles. The number of hydrazine groups is 1. The van der Waals surface area contributed by atoms with Crippen LogP contribution in [0.5, 0.6) is 0 Å². The fraction of sp³-hybridized carbons (Fsp3) is 0.500. The molecule has 0 spiro atoms. The van der Waals surface area contributed by atoms with Crippen LogP contribution in [0.3, 0.4) is 0 Å². The summed E-state index contributed by atoms with van der Waals surface area (Å²) in [5, 5.41) is 1.02. The number of rotatable bonds is 3. The lowest BCUT2D eigenvalue weighted by atomic mass is 9.75. The van der Waals surface area contributed by atoms with Crippen molar-refractivity contribution in [1.29, 1.82) is 0 Å². The number of fused-ring (bicyclic) bond motifs is 1. The van der Waals surface area contributed by atoms with Gasteiger partial charge in [-0.2, -0.15) is 5.01 Å². The summed E-state index contributed by atoms with van der Waals surface area (Å²) in [5.74, 6) is -1.47. The maximum Gasteiger partial charge on any atom is 0.252 e. The Bertz CT molecular complexity index is 809. The quantitative estimate of drug-likeness (QED) is 0.563. The number of carbonyl (C=O) groups excluding carboxylic acids is 3. The summed E-state index contributed by atoms with van der Waals surface area (Å²) >= 11 is 3.45. The van der Waals surface area contributed by atoms with E-state index in [0.717, 1.165) is 47.1 Å². The summed E-state index contributed by atoms with van der Waals surface area (Å²) in [6, 6.07) is 8.04. The van der Waals surface area contributed by atoms with Gasteiger partial charge >= 0.3 is 0 Å². The number of nitrogens with one attached hydrogen (secondary N) is 1. The third-order valence-electron chi connectivity index (χ3n) is 6.45. The largest absolute Gasteiger partial charge is 0.273 e. The zero-order chi connectivity index (χ0) is 19.8. The molecule has 0 radical (unpaired) electrons. The zero-order valence-corrected chi connectivity index (χ0v) is 17.6. The molecule has 1 N–H and O–H groups in total. The van der Waals surface area contributed by atoms with Crippen LogP contribution in [0.15, 0.2) is 40.4 Å². The molecule has 1 saturated heterocycles. The standard InChI is InChI=1S/C22H25BrN2O3/c1-13-6-11-16(19(12-13)14-7-9-15(23)10-8-14)20(26)24-25-21(27)17-4-2-3-5-18(17)22(25)28/h6-10,16-19H,2-5,11-12H2,1H3,(H,24,26). The van der Waals surface area contributed by atoms with E-state index in [1.807, 2.05) is 24.3 Å². The third-order valence-corrected chi connectivity index (χ3v) is 6.97. The van der Waals surface area contributed by atoms with Gasteiger partial charge in [0.15, 0.2) is 0 Å². The molecule has 2 aliphatic carbocycles. The molecular weight excluding hydrogens is 420 g/mol. The molecule has 1 aliphatic heterocycles. The second kappa shape index (κ2) is 7.82. The van der Waals surface area contributed by atoms with Crippen molar-refractivity contribution >= 4 is 33.7 Å². The molecule has 3 aliphatic rings. The molecule has 0 bridgehead atoms. The van der Waals surface area contributed by atoms with E-state index in [1.54, 1.807) is 0 Å². The summed E-state index contributed by atoms with van der Waals surface area (Å²) in [5.41, 5.74) is 5.05. The zero-order valence-electron chi connectivity index (χ0n) is 16.0. The average Bonchev–Trinajstić information content (AvgIpc) is 2.93. The van der Waals surface area contributed by atoms with E-state index in [0.29, 0.717) is 6.42 Å². The number of halogens is 1. The number of allylic oxidation sites excluding steroid dienone is 2. The van der Waals surface area contributed by atoms with Crippen LogP contribution < -0.4 is 5.43 Å². The van der Waals surface area contributed by atoms with Gasteiger partial charge < -0.3 is 0 Å². The van der Waals surface area contributed by atoms with E-state index in [9.17, 15) is 14.4 Å². The monoisotopic (exact) mass is 444 g/mol. The van der Waals surface area contributed by atoms with Gasteiger partial charge in [0.05, 0.1) is 17.8 Å². The number of imide groups is 1. The first kappa shape index (κ1) is 19.4. The van der Waals surface area contributed by atoms with Crippen molar-refractivity contribution in [3.63, 3.8) is 0 Å². The third kappa shape index (κ3) is 3.54. The Kier molecular flexibility index (Phi) is 5.41. The number of benzene rings is 1. The summed E-state index contributed by atoms with van der Waals surface area (Å²) in [6.45, 7) is 2.08. The highest BCUT2D eigenvalue weighted by Crippen LogP contribution is 2.40. The van der Waals surface area contributed by atoms with Gasteiger partial charge in [0.25, 0.3) is 11.8 Å². The van der Waals surface area contributed by atoms with Gasteiger partial charge in [-0.3, -0.25) is 19.8 Å². The minimum Gasteiger partial charge on any atom is -0.273 e. The highest BCUT2D eigenvalue weighted by Gasteiger charge is 2.49. The topological polar surface area (TPSA) is 66.5 Å². The van der Waals surface area contributed by atoms with E-state index in [2.05, 4.69) is 34.4 Å². The van der Waals surface area contributed by atoms with Crippen LogP contribution in [-0.2, 0) is 14.4 Å². The van der Waals surface area contributed by atoms with Crippen LogP contribution in [0.25, 0.3) is 0 Å². The summed E-state index contributed by atoms with van der Waals surface area (Å²) in [6.07, 6.45) is 6.94. The summed E-state index contributed by atoms with van der Waals surface area (Å²) in [7, 11) is 0. The van der Waals surface area contributed by atoms with Gasteiger partial charge in [-0.25, -0.2) is 0 Å². The minimum atomic E-state index is -0.298. The first-order valence-corrected chi connectivity index (χ1v) is 10.8. The van der Waals surface area contributed by atoms with Crippen LogP contribution >= 0.6 is 15.9 Å². The smallest absolute Gasteiger partial charge is 0.252 e. The van der Waals surface area contributed by atoms with Crippen LogP contribution in [-0.4, -0.2) is 22.7 Å². The molecule has 1 aromatic carbocycles. The summed E-state index contributed by atoms with van der Waals surface area (Å²) in [4.78, 5) is 38.5. The molecule has 148 valence electrons. The van der Waals surface area contributed by atoms with Crippen molar-refractivity contribution in [2.75, 3.05) is 0 Å². The highest BCUT2D eigenvalue weighted by molar-refractivity contribution is 9.10. The van der Waals surface area contributed by atoms with Gasteiger partial charge in [0.2, 0.25) is 5.91 Å². The number of nitrogens with zero attached hydrogens (tertiary/aromatic N) is 1. The molecule has 6 heteroatoms. The Morgan fingerprint density at radius 3 is 2.25 bits per heavy atom. The van der Waals surface area contributed by atoms with E-state index >= 15 is 0 Å². The lowest BCUT2D eigenvalue weighted by Crippen LogP contribution is -2.49. The maximum absolute atomic E-state index is 13.1. The molecule has 3 amide bonds. The van der Waals surface area contributed by atoms with Crippen molar-refractivity contribution in [1.82, 2.24) is 10.4 Å². The summed E-state index contributed by atoms with van der Waals surface area (Å²) < 4.78 is 0.996. The van der Waals surface area contributed by atoms with Gasteiger partial charge in [0.1, 0.15) is 0 Å². The minimum absolute atomic E-state index is 0.0354. The Morgan fingerprint density at radius 1 is 1.04 bits per heavy atom. The number of amides is 3. The average molecular weight is 445 g/mol. The van der Waals surface area contributed by atoms with Gasteiger partial charge in [-0.05, 0) is 56.2 Å². The van der Waals surface area contributed by atoms with Crippen molar-refractivity contribution in [2.45, 2.75) is 51.4 Å². The molecular formula is C22H25BrN2O3. The highest BCUT2D eigenvalue weighted by atomic mass is 79.9. The van der Waals surface area contributed by atoms with Crippen molar-refractivity contribution in [3.05, 3.63) is 46.0 Å². The number of hydrogen-bond donors (Lipinski definition) is 1. The van der Waals surface area contributed by atoms with Gasteiger partial charge in [0, 0.05) is 4.47 Å². The lowest BCUT2D eigenvalue weighted by Gasteiger charge is -2.31. The SMILES string of the molecule is CC1=CCC(C(=O)NN2C(=O)C3CCCCC3C2=O)C(c2ccc(Br)cc2)C1. The Hall–Kier alpha value is -1.95. The maximum atomic E-state index is 13.1. The predicted molar refractivity (Wildman–Crippen MR) is 109 cm³/mol. The number of hydrogen-bond acceptors (Lipinski definition) is 3. The van der Waals surface area contributed by atoms with Crippen LogP contribution in [0, 0.1) is 17.8 Å². The van der Waals surface area contributed by atoms with Gasteiger partial charge in [-0.15, -0.1) is 0 Å². The van der Waals surface area contributed by atoms with Crippen molar-refractivity contribution < 1.29 is 14.4 Å². The Morgan fingerprint density at radius 2 is 1.64 bits per heavy atom. The van der Waals surface area contributed by atoms with E-state index < -0.39 is 0 Å². The van der Waals surface area contributed by atoms with Crippen molar-refractivity contribution in [2.24, 2.45) is 17.8 Å². The second-order valence-corrected chi connectivity index (χ2v) is 9.16. The molecule has 2 fully saturated rings.